The molecule has 1 saturated heterocycles. The molecule has 1 atom stereocenters. The van der Waals surface area contributed by atoms with E-state index in [2.05, 4.69) is 20.8 Å². The molecule has 184 valence electrons. The lowest BCUT2D eigenvalue weighted by Gasteiger charge is -2.26. The molecule has 36 heavy (non-hydrogen) atoms. The fraction of sp³-hybridized carbons (Fsp3) is 0.233. The highest BCUT2D eigenvalue weighted by Crippen LogP contribution is 2.41. The number of rotatable bonds is 5. The monoisotopic (exact) mass is 483 g/mol. The van der Waals surface area contributed by atoms with Gasteiger partial charge in [-0.1, -0.05) is 87.0 Å². The Morgan fingerprint density at radius 2 is 1.39 bits per heavy atom. The second kappa shape index (κ2) is 9.46. The van der Waals surface area contributed by atoms with Crippen LogP contribution in [0.2, 0.25) is 0 Å². The van der Waals surface area contributed by atoms with Gasteiger partial charge in [0.05, 0.1) is 17.2 Å². The molecule has 1 aliphatic rings. The maximum absolute atomic E-state index is 13.3. The summed E-state index contributed by atoms with van der Waals surface area (Å²) in [6.45, 7) is 8.32. The van der Waals surface area contributed by atoms with Crippen molar-refractivity contribution in [3.8, 4) is 0 Å². The summed E-state index contributed by atoms with van der Waals surface area (Å²) in [5.41, 5.74) is 4.04. The number of carboxylic acid groups (broad SMARTS) is 1. The number of hydrogen-bond acceptors (Lipinski definition) is 4. The number of carbonyl (C=O) groups is 3. The smallest absolute Gasteiger partial charge is 0.335 e. The predicted molar refractivity (Wildman–Crippen MR) is 138 cm³/mol. The number of carbonyl (C=O) groups excluding carboxylic acids is 2. The minimum absolute atomic E-state index is 0.0366. The highest BCUT2D eigenvalue weighted by molar-refractivity contribution is 6.46. The Kier molecular flexibility index (Phi) is 6.55. The zero-order valence-corrected chi connectivity index (χ0v) is 20.8. The summed E-state index contributed by atoms with van der Waals surface area (Å²) in [4.78, 5) is 39.1. The molecule has 4 rings (SSSR count). The van der Waals surface area contributed by atoms with Crippen molar-refractivity contribution in [1.29, 1.82) is 0 Å². The van der Waals surface area contributed by atoms with Crippen LogP contribution >= 0.6 is 0 Å². The summed E-state index contributed by atoms with van der Waals surface area (Å²) in [6.07, 6.45) is 0. The Bertz CT molecular complexity index is 1340. The van der Waals surface area contributed by atoms with Crippen molar-refractivity contribution in [2.75, 3.05) is 0 Å². The third-order valence-electron chi connectivity index (χ3n) is 6.51. The van der Waals surface area contributed by atoms with Crippen molar-refractivity contribution in [2.45, 2.75) is 45.7 Å². The van der Waals surface area contributed by atoms with E-state index >= 15 is 0 Å². The summed E-state index contributed by atoms with van der Waals surface area (Å²) in [7, 11) is 0. The first kappa shape index (κ1) is 24.9. The standard InChI is InChI=1S/C30H29NO5/c1-18-5-9-21(10-6-18)26(32)24-25(20-13-15-23(16-14-20)30(2,3)4)31(28(34)27(24)33)17-19-7-11-22(12-8-19)29(35)36/h5-16,25,32H,17H2,1-4H3,(H,35,36)/b26-24+. The fourth-order valence-corrected chi connectivity index (χ4v) is 4.37. The maximum Gasteiger partial charge on any atom is 0.335 e. The van der Waals surface area contributed by atoms with E-state index in [9.17, 15) is 24.6 Å². The van der Waals surface area contributed by atoms with Crippen LogP contribution in [0.1, 0.15) is 65.0 Å². The number of benzene rings is 3. The van der Waals surface area contributed by atoms with Gasteiger partial charge in [0.25, 0.3) is 11.7 Å². The zero-order chi connectivity index (χ0) is 26.2. The zero-order valence-electron chi connectivity index (χ0n) is 20.8. The average molecular weight is 484 g/mol. The number of aromatic carboxylic acids is 1. The van der Waals surface area contributed by atoms with E-state index in [1.54, 1.807) is 24.3 Å². The lowest BCUT2D eigenvalue weighted by Crippen LogP contribution is -2.29. The topological polar surface area (TPSA) is 94.9 Å². The number of hydrogen-bond donors (Lipinski definition) is 2. The number of aliphatic hydroxyl groups excluding tert-OH is 1. The van der Waals surface area contributed by atoms with Crippen molar-refractivity contribution in [3.63, 3.8) is 0 Å². The van der Waals surface area contributed by atoms with Crippen molar-refractivity contribution in [3.05, 3.63) is 112 Å². The number of Topliss-reactive ketones (excluding diaryl/α,β-unsaturated/α-hetero) is 1. The van der Waals surface area contributed by atoms with E-state index < -0.39 is 23.7 Å². The lowest BCUT2D eigenvalue weighted by molar-refractivity contribution is -0.140. The number of nitrogens with zero attached hydrogens (tertiary/aromatic N) is 1. The second-order valence-electron chi connectivity index (χ2n) is 10.2. The molecule has 0 aliphatic carbocycles. The molecule has 0 saturated carbocycles. The number of carboxylic acids is 1. The largest absolute Gasteiger partial charge is 0.507 e. The SMILES string of the molecule is Cc1ccc(/C(O)=C2\C(=O)C(=O)N(Cc3ccc(C(=O)O)cc3)C2c2ccc(C(C)(C)C)cc2)cc1. The van der Waals surface area contributed by atoms with E-state index in [0.29, 0.717) is 16.7 Å². The van der Waals surface area contributed by atoms with Crippen LogP contribution in [0, 0.1) is 6.92 Å². The fourth-order valence-electron chi connectivity index (χ4n) is 4.37. The normalized spacial score (nSPS) is 17.4. The molecule has 1 amide bonds. The summed E-state index contributed by atoms with van der Waals surface area (Å²) in [5.74, 6) is -2.72. The van der Waals surface area contributed by atoms with Crippen LogP contribution in [0.3, 0.4) is 0 Å². The van der Waals surface area contributed by atoms with Gasteiger partial charge in [0.2, 0.25) is 0 Å². The molecule has 0 spiro atoms. The van der Waals surface area contributed by atoms with Gasteiger partial charge in [-0.15, -0.1) is 0 Å². The van der Waals surface area contributed by atoms with E-state index in [4.69, 9.17) is 0 Å². The van der Waals surface area contributed by atoms with Crippen LogP contribution in [-0.4, -0.2) is 32.8 Å². The molecule has 6 nitrogen and oxygen atoms in total. The lowest BCUT2D eigenvalue weighted by atomic mass is 9.85. The molecule has 0 aromatic heterocycles. The average Bonchev–Trinajstić information content (AvgIpc) is 3.09. The Labute approximate surface area is 210 Å². The quantitative estimate of drug-likeness (QED) is 0.279. The van der Waals surface area contributed by atoms with E-state index in [0.717, 1.165) is 11.1 Å². The molecule has 0 bridgehead atoms. The van der Waals surface area contributed by atoms with E-state index in [1.807, 2.05) is 43.3 Å². The van der Waals surface area contributed by atoms with Crippen LogP contribution < -0.4 is 0 Å². The van der Waals surface area contributed by atoms with Gasteiger partial charge in [-0.3, -0.25) is 9.59 Å². The van der Waals surface area contributed by atoms with Gasteiger partial charge in [0.15, 0.2) is 0 Å². The van der Waals surface area contributed by atoms with Crippen LogP contribution in [0.25, 0.3) is 5.76 Å². The highest BCUT2D eigenvalue weighted by Gasteiger charge is 2.46. The molecule has 1 heterocycles. The molecule has 0 radical (unpaired) electrons. The van der Waals surface area contributed by atoms with Crippen LogP contribution in [0.15, 0.2) is 78.4 Å². The third-order valence-corrected chi connectivity index (χ3v) is 6.51. The molecule has 2 N–H and O–H groups in total. The Balaban J connectivity index is 1.82. The molecular formula is C30H29NO5. The number of aliphatic hydroxyl groups is 1. The van der Waals surface area contributed by atoms with Crippen molar-refractivity contribution in [2.24, 2.45) is 0 Å². The van der Waals surface area contributed by atoms with E-state index in [1.165, 1.54) is 17.0 Å². The van der Waals surface area contributed by atoms with Crippen LogP contribution in [-0.2, 0) is 21.5 Å². The molecule has 3 aromatic carbocycles. The molecule has 1 fully saturated rings. The van der Waals surface area contributed by atoms with Crippen molar-refractivity contribution >= 4 is 23.4 Å². The first-order valence-electron chi connectivity index (χ1n) is 11.8. The number of amides is 1. The first-order valence-corrected chi connectivity index (χ1v) is 11.8. The van der Waals surface area contributed by atoms with Crippen molar-refractivity contribution in [1.82, 2.24) is 4.90 Å². The number of likely N-dealkylation sites (tertiary alicyclic amines) is 1. The van der Waals surface area contributed by atoms with Gasteiger partial charge in [-0.2, -0.15) is 0 Å². The summed E-state index contributed by atoms with van der Waals surface area (Å²) >= 11 is 0. The molecule has 1 unspecified atom stereocenters. The Morgan fingerprint density at radius 1 is 0.833 bits per heavy atom. The summed E-state index contributed by atoms with van der Waals surface area (Å²) in [6, 6.07) is 20.2. The second-order valence-corrected chi connectivity index (χ2v) is 10.2. The molecule has 6 heteroatoms. The van der Waals surface area contributed by atoms with E-state index in [-0.39, 0.29) is 28.9 Å². The molecular weight excluding hydrogens is 454 g/mol. The number of aryl methyl sites for hydroxylation is 1. The minimum Gasteiger partial charge on any atom is -0.507 e. The van der Waals surface area contributed by atoms with Gasteiger partial charge < -0.3 is 15.1 Å². The molecule has 1 aliphatic heterocycles. The third kappa shape index (κ3) is 4.80. The Morgan fingerprint density at radius 3 is 1.92 bits per heavy atom. The van der Waals surface area contributed by atoms with Gasteiger partial charge in [0.1, 0.15) is 5.76 Å². The highest BCUT2D eigenvalue weighted by atomic mass is 16.4. The van der Waals surface area contributed by atoms with Gasteiger partial charge in [-0.25, -0.2) is 4.79 Å². The summed E-state index contributed by atoms with van der Waals surface area (Å²) < 4.78 is 0. The molecule has 3 aromatic rings. The van der Waals surface area contributed by atoms with Gasteiger partial charge in [0, 0.05) is 12.1 Å². The maximum atomic E-state index is 13.3. The van der Waals surface area contributed by atoms with Crippen LogP contribution in [0.5, 0.6) is 0 Å². The van der Waals surface area contributed by atoms with Gasteiger partial charge >= 0.3 is 5.97 Å². The first-order chi connectivity index (χ1) is 17.0. The van der Waals surface area contributed by atoms with Crippen molar-refractivity contribution < 1.29 is 24.6 Å². The minimum atomic E-state index is -1.04. The summed E-state index contributed by atoms with van der Waals surface area (Å²) in [5, 5.41) is 20.4. The Hall–Kier alpha value is -4.19. The predicted octanol–water partition coefficient (Wildman–Crippen LogP) is 5.61. The van der Waals surface area contributed by atoms with Gasteiger partial charge in [-0.05, 0) is 41.2 Å². The van der Waals surface area contributed by atoms with Crippen LogP contribution in [0.4, 0.5) is 0 Å². The number of ketones is 1.